The summed E-state index contributed by atoms with van der Waals surface area (Å²) < 4.78 is 11.4. The van der Waals surface area contributed by atoms with Crippen LogP contribution < -0.4 is 16.1 Å². The average Bonchev–Trinajstić information content (AvgIpc) is 3.48. The number of aliphatic carboxylic acids is 1. The van der Waals surface area contributed by atoms with Gasteiger partial charge in [-0.25, -0.2) is 14.4 Å². The molecule has 1 heterocycles. The summed E-state index contributed by atoms with van der Waals surface area (Å²) in [4.78, 5) is 62.4. The van der Waals surface area contributed by atoms with Crippen molar-refractivity contribution in [2.45, 2.75) is 31.2 Å². The molecule has 0 unspecified atom stereocenters. The van der Waals surface area contributed by atoms with E-state index in [0.29, 0.717) is 29.4 Å². The van der Waals surface area contributed by atoms with Gasteiger partial charge in [0, 0.05) is 46.7 Å². The van der Waals surface area contributed by atoms with Crippen molar-refractivity contribution in [1.82, 2.24) is 10.6 Å². The molecular weight excluding hydrogens is 692 g/mol. The van der Waals surface area contributed by atoms with Crippen molar-refractivity contribution in [3.63, 3.8) is 0 Å². The summed E-state index contributed by atoms with van der Waals surface area (Å²) in [7, 11) is 0. The Labute approximate surface area is 308 Å². The number of carbonyl (C=O) groups is 4. The minimum atomic E-state index is -1.29. The van der Waals surface area contributed by atoms with Crippen LogP contribution in [0, 0.1) is 0 Å². The Morgan fingerprint density at radius 1 is 0.778 bits per heavy atom. The number of alkyl carbamates (subject to hydrolysis) is 1. The predicted octanol–water partition coefficient (Wildman–Crippen LogP) is 6.86. The molecular formula is C42H34N2O10. The van der Waals surface area contributed by atoms with Crippen LogP contribution in [0.5, 0.6) is 5.75 Å². The Hall–Kier alpha value is -6.95. The molecule has 272 valence electrons. The lowest BCUT2D eigenvalue weighted by Gasteiger charge is -2.18. The zero-order chi connectivity index (χ0) is 37.9. The largest absolute Gasteiger partial charge is 0.508 e. The molecule has 2 amide bonds. The van der Waals surface area contributed by atoms with Gasteiger partial charge in [0.2, 0.25) is 0 Å². The van der Waals surface area contributed by atoms with Crippen molar-refractivity contribution in [3.05, 3.63) is 136 Å². The minimum Gasteiger partial charge on any atom is -0.508 e. The quantitative estimate of drug-likeness (QED) is 0.0657. The van der Waals surface area contributed by atoms with E-state index in [1.807, 2.05) is 48.5 Å². The van der Waals surface area contributed by atoms with Gasteiger partial charge in [-0.05, 0) is 83.5 Å². The summed E-state index contributed by atoms with van der Waals surface area (Å²) in [5.41, 5.74) is 5.27. The lowest BCUT2D eigenvalue weighted by Crippen LogP contribution is -2.41. The number of nitrogens with one attached hydrogen (secondary N) is 2. The van der Waals surface area contributed by atoms with Gasteiger partial charge in [0.1, 0.15) is 29.7 Å². The molecule has 0 spiro atoms. The zero-order valence-corrected chi connectivity index (χ0v) is 28.7. The van der Waals surface area contributed by atoms with E-state index in [2.05, 4.69) is 10.6 Å². The van der Waals surface area contributed by atoms with E-state index in [1.54, 1.807) is 6.07 Å². The number of fused-ring (bicyclic) bond motifs is 5. The van der Waals surface area contributed by atoms with Crippen molar-refractivity contribution >= 4 is 34.9 Å². The van der Waals surface area contributed by atoms with Crippen LogP contribution in [0.4, 0.5) is 4.79 Å². The molecule has 1 atom stereocenters. The summed E-state index contributed by atoms with van der Waals surface area (Å²) in [5, 5.41) is 35.7. The van der Waals surface area contributed by atoms with Crippen LogP contribution in [-0.4, -0.2) is 58.5 Å². The number of aromatic carboxylic acids is 1. The maximum Gasteiger partial charge on any atom is 0.407 e. The van der Waals surface area contributed by atoms with Gasteiger partial charge in [-0.3, -0.25) is 9.59 Å². The molecule has 3 aliphatic rings. The lowest BCUT2D eigenvalue weighted by atomic mass is 9.90. The molecule has 0 saturated heterocycles. The van der Waals surface area contributed by atoms with Crippen molar-refractivity contribution < 1.29 is 43.7 Å². The van der Waals surface area contributed by atoms with Gasteiger partial charge >= 0.3 is 18.0 Å². The third kappa shape index (κ3) is 7.09. The van der Waals surface area contributed by atoms with Gasteiger partial charge in [0.15, 0.2) is 5.43 Å². The standard InChI is InChI=1S/C42H34N2O10/c45-24-13-16-31-36(20-24)54-37-21-25(46)14-17-32(37)38(31)30-15-12-23(19-33(30)40(48)49)39(47)43-18-6-5-11-35(41(50)51)44-42(52)53-22-34-28-9-3-1-7-26(28)27-8-2-4-10-29(27)34/h1-4,7-10,12-17,19-21,34-35,45H,5-6,11,18,22H2,(H,43,47)(H,44,52)(H,48,49)(H,50,51)/t35-/m0/s1. The molecule has 7 rings (SSSR count). The smallest absolute Gasteiger partial charge is 0.407 e. The van der Waals surface area contributed by atoms with E-state index in [-0.39, 0.29) is 64.7 Å². The van der Waals surface area contributed by atoms with E-state index in [9.17, 15) is 39.3 Å². The normalized spacial score (nSPS) is 12.5. The highest BCUT2D eigenvalue weighted by molar-refractivity contribution is 6.09. The predicted molar refractivity (Wildman–Crippen MR) is 199 cm³/mol. The first-order chi connectivity index (χ1) is 26.1. The number of hydrogen-bond donors (Lipinski definition) is 5. The monoisotopic (exact) mass is 726 g/mol. The van der Waals surface area contributed by atoms with E-state index in [1.165, 1.54) is 48.5 Å². The first-order valence-corrected chi connectivity index (χ1v) is 17.3. The number of benzene rings is 5. The second-order valence-corrected chi connectivity index (χ2v) is 13.0. The Balaban J connectivity index is 0.962. The van der Waals surface area contributed by atoms with E-state index < -0.39 is 30.0 Å². The molecule has 0 fully saturated rings. The van der Waals surface area contributed by atoms with Gasteiger partial charge in [0.05, 0.1) is 5.56 Å². The summed E-state index contributed by atoms with van der Waals surface area (Å²) >= 11 is 0. The fourth-order valence-electron chi connectivity index (χ4n) is 7.05. The highest BCUT2D eigenvalue weighted by Gasteiger charge is 2.30. The fourth-order valence-corrected chi connectivity index (χ4v) is 7.05. The number of unbranched alkanes of at least 4 members (excludes halogenated alkanes) is 1. The topological polar surface area (TPSA) is 192 Å². The molecule has 12 nitrogen and oxygen atoms in total. The molecule has 0 radical (unpaired) electrons. The van der Waals surface area contributed by atoms with Crippen molar-refractivity contribution in [2.24, 2.45) is 0 Å². The number of carbonyl (C=O) groups excluding carboxylic acids is 2. The highest BCUT2D eigenvalue weighted by Crippen LogP contribution is 2.45. The number of carboxylic acids is 2. The minimum absolute atomic E-state index is 0.0456. The Morgan fingerprint density at radius 3 is 2.19 bits per heavy atom. The van der Waals surface area contributed by atoms with Crippen LogP contribution in [0.1, 0.15) is 57.0 Å². The van der Waals surface area contributed by atoms with Crippen LogP contribution in [0.2, 0.25) is 0 Å². The summed E-state index contributed by atoms with van der Waals surface area (Å²) in [6.07, 6.45) is -0.0230. The Bertz CT molecular complexity index is 2430. The Kier molecular flexibility index (Phi) is 9.82. The number of hydrogen-bond acceptors (Lipinski definition) is 8. The number of ether oxygens (including phenoxy) is 1. The first kappa shape index (κ1) is 35.5. The number of rotatable bonds is 12. The molecule has 4 aromatic rings. The molecule has 4 aromatic carbocycles. The lowest BCUT2D eigenvalue weighted by molar-refractivity contribution is -0.139. The fraction of sp³-hybridized carbons (Fsp3) is 0.167. The van der Waals surface area contributed by atoms with Gasteiger partial charge in [-0.2, -0.15) is 0 Å². The molecule has 12 heteroatoms. The third-order valence-electron chi connectivity index (χ3n) is 9.60. The van der Waals surface area contributed by atoms with Gasteiger partial charge < -0.3 is 35.1 Å². The van der Waals surface area contributed by atoms with Crippen molar-refractivity contribution in [3.8, 4) is 39.3 Å². The van der Waals surface area contributed by atoms with Gasteiger partial charge in [0.25, 0.3) is 5.91 Å². The molecule has 54 heavy (non-hydrogen) atoms. The zero-order valence-electron chi connectivity index (χ0n) is 28.7. The molecule has 0 aromatic heterocycles. The second kappa shape index (κ2) is 15.0. The van der Waals surface area contributed by atoms with E-state index in [0.717, 1.165) is 22.3 Å². The van der Waals surface area contributed by atoms with Crippen molar-refractivity contribution in [1.29, 1.82) is 0 Å². The van der Waals surface area contributed by atoms with E-state index in [4.69, 9.17) is 9.15 Å². The van der Waals surface area contributed by atoms with E-state index >= 15 is 0 Å². The number of aromatic hydroxyl groups is 1. The van der Waals surface area contributed by atoms with Crippen LogP contribution in [0.3, 0.4) is 0 Å². The summed E-state index contributed by atoms with van der Waals surface area (Å²) in [6.45, 7) is 0.209. The van der Waals surface area contributed by atoms with Crippen LogP contribution in [-0.2, 0) is 9.53 Å². The van der Waals surface area contributed by atoms with Crippen molar-refractivity contribution in [2.75, 3.05) is 13.2 Å². The first-order valence-electron chi connectivity index (χ1n) is 17.3. The maximum absolute atomic E-state index is 13.1. The van der Waals surface area contributed by atoms with Crippen LogP contribution >= 0.6 is 0 Å². The van der Waals surface area contributed by atoms with Gasteiger partial charge in [-0.15, -0.1) is 0 Å². The van der Waals surface area contributed by atoms with Crippen LogP contribution in [0.25, 0.3) is 44.5 Å². The third-order valence-corrected chi connectivity index (χ3v) is 9.60. The molecule has 0 saturated carbocycles. The summed E-state index contributed by atoms with van der Waals surface area (Å²) in [5.74, 6) is -3.08. The molecule has 1 aliphatic heterocycles. The number of amides is 2. The van der Waals surface area contributed by atoms with Crippen LogP contribution in [0.15, 0.2) is 112 Å². The Morgan fingerprint density at radius 2 is 1.48 bits per heavy atom. The SMILES string of the molecule is O=C(N[C@@H](CCCCNC(=O)c1ccc(-c2c3ccc(=O)cc-3oc3cc(O)ccc23)c(C(=O)O)c1)C(=O)O)OCC1c2ccccc2-c2ccccc21. The molecule has 2 aliphatic carbocycles. The number of carboxylic acid groups (broad SMARTS) is 2. The summed E-state index contributed by atoms with van der Waals surface area (Å²) in [6, 6.07) is 27.4. The second-order valence-electron chi connectivity index (χ2n) is 13.0. The number of phenolic OH excluding ortho intramolecular Hbond substituents is 1. The highest BCUT2D eigenvalue weighted by atomic mass is 16.5. The molecule has 5 N–H and O–H groups in total. The molecule has 0 bridgehead atoms. The maximum atomic E-state index is 13.1. The average molecular weight is 727 g/mol. The number of phenols is 1. The van der Waals surface area contributed by atoms with Gasteiger partial charge in [-0.1, -0.05) is 54.6 Å².